The number of benzene rings is 1. The minimum Gasteiger partial charge on any atom is -0.496 e. The maximum absolute atomic E-state index is 9.29. The maximum atomic E-state index is 9.29. The molecule has 0 aliphatic heterocycles. The summed E-state index contributed by atoms with van der Waals surface area (Å²) in [5, 5.41) is 9.29. The SMILES string of the molecule is COc1ccccc1SCCC(O)CN. The molecule has 0 fully saturated rings. The molecule has 3 N–H and O–H groups in total. The molecule has 0 aromatic heterocycles. The lowest BCUT2D eigenvalue weighted by atomic mass is 10.3. The molecule has 0 aliphatic carbocycles. The van der Waals surface area contributed by atoms with Crippen molar-refractivity contribution in [2.24, 2.45) is 5.73 Å². The van der Waals surface area contributed by atoms with E-state index in [0.29, 0.717) is 13.0 Å². The Labute approximate surface area is 94.6 Å². The number of hydrogen-bond donors (Lipinski definition) is 2. The lowest BCUT2D eigenvalue weighted by Crippen LogP contribution is -2.19. The van der Waals surface area contributed by atoms with Crippen LogP contribution in [0.25, 0.3) is 0 Å². The van der Waals surface area contributed by atoms with Gasteiger partial charge in [0.1, 0.15) is 5.75 Å². The van der Waals surface area contributed by atoms with Crippen molar-refractivity contribution in [1.82, 2.24) is 0 Å². The van der Waals surface area contributed by atoms with Crippen LogP contribution in [0.15, 0.2) is 29.2 Å². The van der Waals surface area contributed by atoms with Crippen LogP contribution in [0.5, 0.6) is 5.75 Å². The first kappa shape index (κ1) is 12.4. The Morgan fingerprint density at radius 3 is 2.87 bits per heavy atom. The number of nitrogens with two attached hydrogens (primary N) is 1. The number of methoxy groups -OCH3 is 1. The van der Waals surface area contributed by atoms with Crippen LogP contribution >= 0.6 is 11.8 Å². The van der Waals surface area contributed by atoms with Gasteiger partial charge >= 0.3 is 0 Å². The summed E-state index contributed by atoms with van der Waals surface area (Å²) < 4.78 is 5.22. The smallest absolute Gasteiger partial charge is 0.132 e. The molecular formula is C11H17NO2S. The molecule has 1 aromatic rings. The fourth-order valence-corrected chi connectivity index (χ4v) is 2.24. The molecule has 1 unspecified atom stereocenters. The van der Waals surface area contributed by atoms with Crippen molar-refractivity contribution in [3.05, 3.63) is 24.3 Å². The number of thioether (sulfide) groups is 1. The zero-order valence-electron chi connectivity index (χ0n) is 8.85. The summed E-state index contributed by atoms with van der Waals surface area (Å²) in [6, 6.07) is 7.86. The predicted molar refractivity (Wildman–Crippen MR) is 63.4 cm³/mol. The first-order valence-corrected chi connectivity index (χ1v) is 5.90. The largest absolute Gasteiger partial charge is 0.496 e. The van der Waals surface area contributed by atoms with Crippen molar-refractivity contribution in [3.63, 3.8) is 0 Å². The van der Waals surface area contributed by atoms with E-state index in [1.54, 1.807) is 18.9 Å². The highest BCUT2D eigenvalue weighted by Gasteiger charge is 2.04. The zero-order chi connectivity index (χ0) is 11.1. The molecule has 84 valence electrons. The third kappa shape index (κ3) is 4.11. The quantitative estimate of drug-likeness (QED) is 0.723. The molecular weight excluding hydrogens is 210 g/mol. The Kier molecular flexibility index (Phi) is 5.53. The van der Waals surface area contributed by atoms with E-state index in [1.807, 2.05) is 24.3 Å². The van der Waals surface area contributed by atoms with E-state index in [0.717, 1.165) is 16.4 Å². The number of hydrogen-bond acceptors (Lipinski definition) is 4. The molecule has 0 bridgehead atoms. The topological polar surface area (TPSA) is 55.5 Å². The predicted octanol–water partition coefficient (Wildman–Crippen LogP) is 1.50. The lowest BCUT2D eigenvalue weighted by molar-refractivity contribution is 0.180. The molecule has 0 spiro atoms. The van der Waals surface area contributed by atoms with Crippen molar-refractivity contribution in [1.29, 1.82) is 0 Å². The molecule has 0 saturated carbocycles. The van der Waals surface area contributed by atoms with Gasteiger partial charge in [-0.2, -0.15) is 0 Å². The molecule has 3 nitrogen and oxygen atoms in total. The first-order chi connectivity index (χ1) is 7.27. The molecule has 4 heteroatoms. The third-order valence-corrected chi connectivity index (χ3v) is 3.14. The van der Waals surface area contributed by atoms with Gasteiger partial charge in [-0.3, -0.25) is 0 Å². The molecule has 1 rings (SSSR count). The van der Waals surface area contributed by atoms with Crippen molar-refractivity contribution in [3.8, 4) is 5.75 Å². The summed E-state index contributed by atoms with van der Waals surface area (Å²) in [4.78, 5) is 1.10. The summed E-state index contributed by atoms with van der Waals surface area (Å²) in [5.41, 5.74) is 5.32. The Hall–Kier alpha value is -0.710. The van der Waals surface area contributed by atoms with Gasteiger partial charge in [-0.25, -0.2) is 0 Å². The van der Waals surface area contributed by atoms with Crippen LogP contribution in [0, 0.1) is 0 Å². The third-order valence-electron chi connectivity index (χ3n) is 2.05. The minimum absolute atomic E-state index is 0.326. The molecule has 0 amide bonds. The van der Waals surface area contributed by atoms with Gasteiger partial charge in [0.15, 0.2) is 0 Å². The fraction of sp³-hybridized carbons (Fsp3) is 0.455. The summed E-state index contributed by atoms with van der Waals surface area (Å²) in [5.74, 6) is 1.73. The Morgan fingerprint density at radius 1 is 1.47 bits per heavy atom. The molecule has 0 radical (unpaired) electrons. The molecule has 0 aliphatic rings. The highest BCUT2D eigenvalue weighted by molar-refractivity contribution is 7.99. The maximum Gasteiger partial charge on any atom is 0.132 e. The molecule has 0 heterocycles. The van der Waals surface area contributed by atoms with E-state index in [-0.39, 0.29) is 0 Å². The van der Waals surface area contributed by atoms with Gasteiger partial charge in [-0.05, 0) is 18.6 Å². The highest BCUT2D eigenvalue weighted by atomic mass is 32.2. The lowest BCUT2D eigenvalue weighted by Gasteiger charge is -2.09. The average molecular weight is 227 g/mol. The number of para-hydroxylation sites is 1. The second-order valence-corrected chi connectivity index (χ2v) is 4.31. The second-order valence-electron chi connectivity index (χ2n) is 3.18. The van der Waals surface area contributed by atoms with Gasteiger partial charge in [0.2, 0.25) is 0 Å². The van der Waals surface area contributed by atoms with E-state index >= 15 is 0 Å². The van der Waals surface area contributed by atoms with E-state index < -0.39 is 6.10 Å². The normalized spacial score (nSPS) is 12.5. The van der Waals surface area contributed by atoms with Crippen LogP contribution < -0.4 is 10.5 Å². The van der Waals surface area contributed by atoms with E-state index in [9.17, 15) is 5.11 Å². The fourth-order valence-electron chi connectivity index (χ4n) is 1.16. The number of rotatable bonds is 6. The van der Waals surface area contributed by atoms with Crippen molar-refractivity contribution >= 4 is 11.8 Å². The molecule has 1 atom stereocenters. The highest BCUT2D eigenvalue weighted by Crippen LogP contribution is 2.29. The van der Waals surface area contributed by atoms with E-state index in [1.165, 1.54) is 0 Å². The van der Waals surface area contributed by atoms with Gasteiger partial charge < -0.3 is 15.6 Å². The summed E-state index contributed by atoms with van der Waals surface area (Å²) in [6.07, 6.45) is 0.311. The van der Waals surface area contributed by atoms with E-state index in [2.05, 4.69) is 0 Å². The van der Waals surface area contributed by atoms with Gasteiger partial charge in [-0.15, -0.1) is 11.8 Å². The standard InChI is InChI=1S/C11H17NO2S/c1-14-10-4-2-3-5-11(10)15-7-6-9(13)8-12/h2-5,9,13H,6-8,12H2,1H3. The van der Waals surface area contributed by atoms with Crippen molar-refractivity contribution in [2.75, 3.05) is 19.4 Å². The van der Waals surface area contributed by atoms with Gasteiger partial charge in [-0.1, -0.05) is 12.1 Å². The zero-order valence-corrected chi connectivity index (χ0v) is 9.67. The van der Waals surface area contributed by atoms with Crippen LogP contribution in [-0.2, 0) is 0 Å². The van der Waals surface area contributed by atoms with Crippen molar-refractivity contribution in [2.45, 2.75) is 17.4 Å². The summed E-state index contributed by atoms with van der Waals surface area (Å²) >= 11 is 1.67. The Morgan fingerprint density at radius 2 is 2.20 bits per heavy atom. The molecule has 15 heavy (non-hydrogen) atoms. The molecule has 0 saturated heterocycles. The van der Waals surface area contributed by atoms with Gasteiger partial charge in [0, 0.05) is 17.2 Å². The average Bonchev–Trinajstić information content (AvgIpc) is 2.29. The Balaban J connectivity index is 2.43. The van der Waals surface area contributed by atoms with E-state index in [4.69, 9.17) is 10.5 Å². The monoisotopic (exact) mass is 227 g/mol. The van der Waals surface area contributed by atoms with Crippen LogP contribution in [0.1, 0.15) is 6.42 Å². The van der Waals surface area contributed by atoms with Gasteiger partial charge in [0.05, 0.1) is 13.2 Å². The number of ether oxygens (including phenoxy) is 1. The van der Waals surface area contributed by atoms with Crippen LogP contribution in [0.4, 0.5) is 0 Å². The number of aliphatic hydroxyl groups excluding tert-OH is 1. The van der Waals surface area contributed by atoms with Crippen molar-refractivity contribution < 1.29 is 9.84 Å². The second kappa shape index (κ2) is 6.71. The molecule has 1 aromatic carbocycles. The first-order valence-electron chi connectivity index (χ1n) is 4.92. The van der Waals surface area contributed by atoms with Crippen LogP contribution in [0.2, 0.25) is 0 Å². The number of aliphatic hydroxyl groups is 1. The Bertz CT molecular complexity index is 294. The summed E-state index contributed by atoms with van der Waals surface area (Å²) in [6.45, 7) is 0.326. The minimum atomic E-state index is -0.396. The van der Waals surface area contributed by atoms with Crippen LogP contribution in [0.3, 0.4) is 0 Å². The van der Waals surface area contributed by atoms with Crippen LogP contribution in [-0.4, -0.2) is 30.6 Å². The van der Waals surface area contributed by atoms with Gasteiger partial charge in [0.25, 0.3) is 0 Å². The summed E-state index contributed by atoms with van der Waals surface area (Å²) in [7, 11) is 1.66.